The van der Waals surface area contributed by atoms with E-state index >= 15 is 0 Å². The highest BCUT2D eigenvalue weighted by Gasteiger charge is 2.35. The normalized spacial score (nSPS) is 19.5. The minimum Gasteiger partial charge on any atom is -0.377 e. The minimum atomic E-state index is -0.402. The number of carbonyl (C=O) groups excluding carboxylic acids is 2. The molecule has 0 spiro atoms. The van der Waals surface area contributed by atoms with Crippen molar-refractivity contribution >= 4 is 39.7 Å². The third-order valence-electron chi connectivity index (χ3n) is 5.09. The Morgan fingerprint density at radius 1 is 1.21 bits per heavy atom. The van der Waals surface area contributed by atoms with Crippen molar-refractivity contribution in [1.29, 1.82) is 0 Å². The highest BCUT2D eigenvalue weighted by molar-refractivity contribution is 7.15. The highest BCUT2D eigenvalue weighted by Crippen LogP contribution is 2.29. The molecule has 2 saturated heterocycles. The largest absolute Gasteiger partial charge is 0.377 e. The van der Waals surface area contributed by atoms with Gasteiger partial charge in [0.25, 0.3) is 0 Å². The van der Waals surface area contributed by atoms with Crippen molar-refractivity contribution in [3.63, 3.8) is 0 Å². The Balaban J connectivity index is 1.38. The van der Waals surface area contributed by atoms with Crippen LogP contribution in [-0.2, 0) is 20.9 Å². The minimum absolute atomic E-state index is 0.0357. The highest BCUT2D eigenvalue weighted by atomic mass is 32.1. The van der Waals surface area contributed by atoms with E-state index in [4.69, 9.17) is 4.74 Å². The zero-order valence-electron chi connectivity index (χ0n) is 15.8. The number of aromatic nitrogens is 2. The molecule has 1 unspecified atom stereocenters. The van der Waals surface area contributed by atoms with Gasteiger partial charge in [-0.25, -0.2) is 0 Å². The number of hydrogen-bond acceptors (Lipinski definition) is 7. The summed E-state index contributed by atoms with van der Waals surface area (Å²) in [7, 11) is 1.58. The van der Waals surface area contributed by atoms with Crippen LogP contribution >= 0.6 is 11.3 Å². The van der Waals surface area contributed by atoms with Crippen LogP contribution in [0.3, 0.4) is 0 Å². The molecule has 2 aliphatic rings. The lowest BCUT2D eigenvalue weighted by Crippen LogP contribution is -2.28. The zero-order chi connectivity index (χ0) is 19.5. The molecular weight excluding hydrogens is 378 g/mol. The second-order valence-electron chi connectivity index (χ2n) is 7.04. The molecule has 0 aliphatic carbocycles. The lowest BCUT2D eigenvalue weighted by molar-refractivity contribution is -0.122. The van der Waals surface area contributed by atoms with Crippen LogP contribution in [0, 0.1) is 5.92 Å². The molecule has 9 heteroatoms. The molecule has 1 atom stereocenters. The molecule has 3 heterocycles. The summed E-state index contributed by atoms with van der Waals surface area (Å²) in [6.07, 6.45) is 2.65. The standard InChI is InChI=1S/C19H23N5O3S/c1-27-12-16-21-22-19(28-16)20-18(26)13-10-17(25)24(11-13)15-6-4-14(5-7-15)23-8-2-3-9-23/h4-7,13H,2-3,8-12H2,1H3,(H,20,22,26). The summed E-state index contributed by atoms with van der Waals surface area (Å²) in [6, 6.07) is 8.04. The average Bonchev–Trinajstić information content (AvgIpc) is 3.44. The first kappa shape index (κ1) is 18.8. The predicted octanol–water partition coefficient (Wildman–Crippen LogP) is 2.28. The maximum absolute atomic E-state index is 12.5. The van der Waals surface area contributed by atoms with E-state index in [0.29, 0.717) is 23.3 Å². The van der Waals surface area contributed by atoms with E-state index < -0.39 is 5.92 Å². The van der Waals surface area contributed by atoms with Crippen molar-refractivity contribution < 1.29 is 14.3 Å². The first-order chi connectivity index (χ1) is 13.6. The second kappa shape index (κ2) is 8.24. The van der Waals surface area contributed by atoms with Gasteiger partial charge in [-0.1, -0.05) is 11.3 Å². The van der Waals surface area contributed by atoms with Crippen LogP contribution in [0.25, 0.3) is 0 Å². The monoisotopic (exact) mass is 401 g/mol. The molecule has 2 fully saturated rings. The van der Waals surface area contributed by atoms with Crippen molar-refractivity contribution in [1.82, 2.24) is 10.2 Å². The van der Waals surface area contributed by atoms with E-state index in [1.165, 1.54) is 29.9 Å². The number of nitrogens with one attached hydrogen (secondary N) is 1. The maximum atomic E-state index is 12.5. The lowest BCUT2D eigenvalue weighted by Gasteiger charge is -2.20. The number of ether oxygens (including phenoxy) is 1. The molecule has 1 aromatic carbocycles. The van der Waals surface area contributed by atoms with E-state index in [-0.39, 0.29) is 18.2 Å². The maximum Gasteiger partial charge on any atom is 0.231 e. The van der Waals surface area contributed by atoms with Crippen molar-refractivity contribution in [2.75, 3.05) is 41.9 Å². The molecule has 28 heavy (non-hydrogen) atoms. The molecule has 2 aromatic rings. The number of rotatable bonds is 6. The number of hydrogen-bond donors (Lipinski definition) is 1. The number of benzene rings is 1. The number of carbonyl (C=O) groups is 2. The third-order valence-corrected chi connectivity index (χ3v) is 5.91. The fraction of sp³-hybridized carbons (Fsp3) is 0.474. The van der Waals surface area contributed by atoms with E-state index in [0.717, 1.165) is 18.8 Å². The predicted molar refractivity (Wildman–Crippen MR) is 108 cm³/mol. The first-order valence-electron chi connectivity index (χ1n) is 9.41. The Hall–Kier alpha value is -2.52. The molecule has 8 nitrogen and oxygen atoms in total. The van der Waals surface area contributed by atoms with E-state index in [1.54, 1.807) is 12.0 Å². The molecule has 1 N–H and O–H groups in total. The van der Waals surface area contributed by atoms with Gasteiger partial charge in [-0.05, 0) is 37.1 Å². The Labute approximate surface area is 167 Å². The summed E-state index contributed by atoms with van der Waals surface area (Å²) >= 11 is 1.27. The second-order valence-corrected chi connectivity index (χ2v) is 8.10. The van der Waals surface area contributed by atoms with Gasteiger partial charge in [0, 0.05) is 44.5 Å². The summed E-state index contributed by atoms with van der Waals surface area (Å²) < 4.78 is 5.00. The van der Waals surface area contributed by atoms with Gasteiger partial charge >= 0.3 is 0 Å². The summed E-state index contributed by atoms with van der Waals surface area (Å²) in [4.78, 5) is 29.1. The summed E-state index contributed by atoms with van der Waals surface area (Å²) in [5, 5.41) is 11.8. The van der Waals surface area contributed by atoms with Crippen LogP contribution in [0.4, 0.5) is 16.5 Å². The van der Waals surface area contributed by atoms with E-state index in [9.17, 15) is 9.59 Å². The molecule has 148 valence electrons. The Kier molecular flexibility index (Phi) is 5.54. The number of methoxy groups -OCH3 is 1. The van der Waals surface area contributed by atoms with Crippen LogP contribution in [0.2, 0.25) is 0 Å². The number of nitrogens with zero attached hydrogens (tertiary/aromatic N) is 4. The summed E-state index contributed by atoms with van der Waals surface area (Å²) in [6.45, 7) is 2.90. The van der Waals surface area contributed by atoms with Crippen LogP contribution < -0.4 is 15.1 Å². The van der Waals surface area contributed by atoms with Crippen molar-refractivity contribution in [3.8, 4) is 0 Å². The van der Waals surface area contributed by atoms with Gasteiger partial charge in [0.2, 0.25) is 16.9 Å². The van der Waals surface area contributed by atoms with Crippen LogP contribution in [-0.4, -0.2) is 48.8 Å². The van der Waals surface area contributed by atoms with Crippen molar-refractivity contribution in [2.45, 2.75) is 25.9 Å². The molecule has 2 amide bonds. The van der Waals surface area contributed by atoms with Gasteiger partial charge in [0.15, 0.2) is 0 Å². The topological polar surface area (TPSA) is 87.7 Å². The molecule has 0 radical (unpaired) electrons. The van der Waals surface area contributed by atoms with Gasteiger partial charge in [-0.3, -0.25) is 9.59 Å². The average molecular weight is 401 g/mol. The molecule has 0 bridgehead atoms. The molecule has 1 aromatic heterocycles. The van der Waals surface area contributed by atoms with Gasteiger partial charge in [-0.2, -0.15) is 0 Å². The Bertz CT molecular complexity index is 848. The molecule has 0 saturated carbocycles. The number of anilines is 3. The quantitative estimate of drug-likeness (QED) is 0.799. The van der Waals surface area contributed by atoms with Crippen LogP contribution in [0.5, 0.6) is 0 Å². The van der Waals surface area contributed by atoms with E-state index in [2.05, 4.69) is 32.5 Å². The van der Waals surface area contributed by atoms with Gasteiger partial charge in [-0.15, -0.1) is 10.2 Å². The first-order valence-corrected chi connectivity index (χ1v) is 10.2. The van der Waals surface area contributed by atoms with Crippen molar-refractivity contribution in [3.05, 3.63) is 29.3 Å². The van der Waals surface area contributed by atoms with E-state index in [1.807, 2.05) is 12.1 Å². The summed E-state index contributed by atoms with van der Waals surface area (Å²) in [5.41, 5.74) is 2.02. The fourth-order valence-corrected chi connectivity index (χ4v) is 4.36. The smallest absolute Gasteiger partial charge is 0.231 e. The number of amides is 2. The fourth-order valence-electron chi connectivity index (χ4n) is 3.64. The van der Waals surface area contributed by atoms with Crippen LogP contribution in [0.1, 0.15) is 24.3 Å². The summed E-state index contributed by atoms with van der Waals surface area (Å²) in [5.74, 6) is -0.642. The lowest BCUT2D eigenvalue weighted by atomic mass is 10.1. The zero-order valence-corrected chi connectivity index (χ0v) is 16.6. The molecule has 2 aliphatic heterocycles. The molecule has 4 rings (SSSR count). The van der Waals surface area contributed by atoms with Gasteiger partial charge in [0.1, 0.15) is 11.6 Å². The van der Waals surface area contributed by atoms with Crippen molar-refractivity contribution in [2.24, 2.45) is 5.92 Å². The Morgan fingerprint density at radius 3 is 2.64 bits per heavy atom. The van der Waals surface area contributed by atoms with Crippen LogP contribution in [0.15, 0.2) is 24.3 Å². The molecular formula is C19H23N5O3S. The SMILES string of the molecule is COCc1nnc(NC(=O)C2CC(=O)N(c3ccc(N4CCCC4)cc3)C2)s1. The Morgan fingerprint density at radius 2 is 1.93 bits per heavy atom. The van der Waals surface area contributed by atoms with Gasteiger partial charge < -0.3 is 19.9 Å². The third kappa shape index (κ3) is 4.00. The van der Waals surface area contributed by atoms with Gasteiger partial charge in [0.05, 0.1) is 5.92 Å².